The Balaban J connectivity index is 2.20. The van der Waals surface area contributed by atoms with E-state index in [9.17, 15) is 0 Å². The molecule has 0 spiro atoms. The first kappa shape index (κ1) is 13.0. The van der Waals surface area contributed by atoms with Gasteiger partial charge < -0.3 is 5.32 Å². The third kappa shape index (κ3) is 3.28. The quantitative estimate of drug-likeness (QED) is 0.914. The SMILES string of the molecule is CNC(Cc1cc(Br)cs1)c1ncccc1Cl. The topological polar surface area (TPSA) is 24.9 Å². The molecule has 0 aromatic carbocycles. The fourth-order valence-electron chi connectivity index (χ4n) is 1.65. The monoisotopic (exact) mass is 330 g/mol. The number of pyridine rings is 1. The molecule has 2 heterocycles. The van der Waals surface area contributed by atoms with Crippen molar-refractivity contribution in [2.75, 3.05) is 7.05 Å². The average Bonchev–Trinajstić information content (AvgIpc) is 2.73. The molecule has 0 radical (unpaired) electrons. The average molecular weight is 332 g/mol. The van der Waals surface area contributed by atoms with Crippen LogP contribution < -0.4 is 5.32 Å². The Morgan fingerprint density at radius 2 is 2.41 bits per heavy atom. The van der Waals surface area contributed by atoms with E-state index in [1.54, 1.807) is 17.5 Å². The summed E-state index contributed by atoms with van der Waals surface area (Å²) >= 11 is 11.4. The van der Waals surface area contributed by atoms with Crippen molar-refractivity contribution in [2.24, 2.45) is 0 Å². The molecule has 17 heavy (non-hydrogen) atoms. The van der Waals surface area contributed by atoms with Crippen LogP contribution in [-0.4, -0.2) is 12.0 Å². The minimum Gasteiger partial charge on any atom is -0.311 e. The second-order valence-corrected chi connectivity index (χ2v) is 5.97. The van der Waals surface area contributed by atoms with Crippen LogP contribution in [0.1, 0.15) is 16.6 Å². The van der Waals surface area contributed by atoms with Gasteiger partial charge in [0.05, 0.1) is 16.8 Å². The van der Waals surface area contributed by atoms with Crippen LogP contribution in [0.3, 0.4) is 0 Å². The molecule has 2 rings (SSSR count). The lowest BCUT2D eigenvalue weighted by Crippen LogP contribution is -2.20. The molecule has 0 bridgehead atoms. The van der Waals surface area contributed by atoms with Crippen molar-refractivity contribution >= 4 is 38.9 Å². The molecule has 1 atom stereocenters. The van der Waals surface area contributed by atoms with Crippen LogP contribution in [-0.2, 0) is 6.42 Å². The molecule has 0 aliphatic carbocycles. The Hall–Kier alpha value is -0.420. The molecule has 0 aliphatic rings. The summed E-state index contributed by atoms with van der Waals surface area (Å²) in [6, 6.07) is 6.00. The summed E-state index contributed by atoms with van der Waals surface area (Å²) in [6.45, 7) is 0. The highest BCUT2D eigenvalue weighted by molar-refractivity contribution is 9.10. The number of aromatic nitrogens is 1. The van der Waals surface area contributed by atoms with Crippen molar-refractivity contribution in [1.82, 2.24) is 10.3 Å². The number of nitrogens with zero attached hydrogens (tertiary/aromatic N) is 1. The van der Waals surface area contributed by atoms with Crippen LogP contribution >= 0.6 is 38.9 Å². The molecule has 0 saturated heterocycles. The lowest BCUT2D eigenvalue weighted by molar-refractivity contribution is 0.580. The van der Waals surface area contributed by atoms with Crippen molar-refractivity contribution in [2.45, 2.75) is 12.5 Å². The zero-order valence-corrected chi connectivity index (χ0v) is 12.4. The number of thiophene rings is 1. The zero-order chi connectivity index (χ0) is 12.3. The Morgan fingerprint density at radius 3 is 3.00 bits per heavy atom. The van der Waals surface area contributed by atoms with Crippen LogP contribution in [0.2, 0.25) is 5.02 Å². The number of halogens is 2. The van der Waals surface area contributed by atoms with E-state index < -0.39 is 0 Å². The van der Waals surface area contributed by atoms with Gasteiger partial charge in [-0.1, -0.05) is 11.6 Å². The van der Waals surface area contributed by atoms with E-state index in [0.717, 1.165) is 16.6 Å². The summed E-state index contributed by atoms with van der Waals surface area (Å²) in [4.78, 5) is 5.65. The number of hydrogen-bond acceptors (Lipinski definition) is 3. The van der Waals surface area contributed by atoms with Gasteiger partial charge in [0.2, 0.25) is 0 Å². The van der Waals surface area contributed by atoms with Crippen molar-refractivity contribution in [1.29, 1.82) is 0 Å². The van der Waals surface area contributed by atoms with Gasteiger partial charge in [0, 0.05) is 27.3 Å². The summed E-state index contributed by atoms with van der Waals surface area (Å²) in [6.07, 6.45) is 2.67. The second kappa shape index (κ2) is 5.96. The summed E-state index contributed by atoms with van der Waals surface area (Å²) in [7, 11) is 1.93. The first-order chi connectivity index (χ1) is 8.20. The van der Waals surface area contributed by atoms with Gasteiger partial charge in [0.25, 0.3) is 0 Å². The number of hydrogen-bond donors (Lipinski definition) is 1. The molecule has 0 fully saturated rings. The van der Waals surface area contributed by atoms with Crippen molar-refractivity contribution in [3.05, 3.63) is 49.8 Å². The van der Waals surface area contributed by atoms with Crippen LogP contribution in [0, 0.1) is 0 Å². The summed E-state index contributed by atoms with van der Waals surface area (Å²) in [5, 5.41) is 6.06. The molecule has 2 aromatic heterocycles. The van der Waals surface area contributed by atoms with Crippen LogP contribution in [0.25, 0.3) is 0 Å². The molecule has 1 N–H and O–H groups in total. The van der Waals surface area contributed by atoms with E-state index in [2.05, 4.69) is 37.7 Å². The van der Waals surface area contributed by atoms with Gasteiger partial charge in [0.1, 0.15) is 0 Å². The van der Waals surface area contributed by atoms with E-state index >= 15 is 0 Å². The van der Waals surface area contributed by atoms with E-state index in [1.165, 1.54) is 4.88 Å². The van der Waals surface area contributed by atoms with E-state index in [0.29, 0.717) is 5.02 Å². The third-order valence-corrected chi connectivity index (χ3v) is 4.53. The zero-order valence-electron chi connectivity index (χ0n) is 9.28. The van der Waals surface area contributed by atoms with Gasteiger partial charge in [-0.25, -0.2) is 0 Å². The predicted molar refractivity (Wildman–Crippen MR) is 76.8 cm³/mol. The normalized spacial score (nSPS) is 12.6. The highest BCUT2D eigenvalue weighted by atomic mass is 79.9. The molecule has 0 saturated carbocycles. The standard InChI is InChI=1S/C12H12BrClN2S/c1-15-11(6-9-5-8(13)7-17-9)12-10(14)3-2-4-16-12/h2-5,7,11,15H,6H2,1H3. The molecule has 2 aromatic rings. The van der Waals surface area contributed by atoms with Gasteiger partial charge in [-0.15, -0.1) is 11.3 Å². The van der Waals surface area contributed by atoms with Crippen molar-refractivity contribution in [3.8, 4) is 0 Å². The predicted octanol–water partition coefficient (Wildman–Crippen LogP) is 4.06. The minimum atomic E-state index is 0.147. The largest absolute Gasteiger partial charge is 0.311 e. The maximum absolute atomic E-state index is 6.16. The molecule has 0 amide bonds. The lowest BCUT2D eigenvalue weighted by atomic mass is 10.1. The van der Waals surface area contributed by atoms with Gasteiger partial charge in [-0.05, 0) is 41.2 Å². The van der Waals surface area contributed by atoms with Crippen LogP contribution in [0.15, 0.2) is 34.2 Å². The van der Waals surface area contributed by atoms with Crippen molar-refractivity contribution in [3.63, 3.8) is 0 Å². The lowest BCUT2D eigenvalue weighted by Gasteiger charge is -2.15. The Morgan fingerprint density at radius 1 is 1.59 bits per heavy atom. The summed E-state index contributed by atoms with van der Waals surface area (Å²) in [5.74, 6) is 0. The van der Waals surface area contributed by atoms with Crippen LogP contribution in [0.4, 0.5) is 0 Å². The maximum Gasteiger partial charge on any atom is 0.0762 e. The Labute approximate surface area is 118 Å². The first-order valence-corrected chi connectivity index (χ1v) is 7.26. The van der Waals surface area contributed by atoms with Gasteiger partial charge >= 0.3 is 0 Å². The Bertz CT molecular complexity index is 501. The molecule has 0 aliphatic heterocycles. The fraction of sp³-hybridized carbons (Fsp3) is 0.250. The summed E-state index contributed by atoms with van der Waals surface area (Å²) in [5.41, 5.74) is 0.904. The molecule has 2 nitrogen and oxygen atoms in total. The fourth-order valence-corrected chi connectivity index (χ4v) is 3.40. The molecule has 90 valence electrons. The first-order valence-electron chi connectivity index (χ1n) is 5.21. The van der Waals surface area contributed by atoms with Crippen LogP contribution in [0.5, 0.6) is 0 Å². The van der Waals surface area contributed by atoms with E-state index in [1.807, 2.05) is 19.2 Å². The maximum atomic E-state index is 6.16. The van der Waals surface area contributed by atoms with Gasteiger partial charge in [-0.3, -0.25) is 4.98 Å². The highest BCUT2D eigenvalue weighted by Gasteiger charge is 2.15. The molecular weight excluding hydrogens is 320 g/mol. The van der Waals surface area contributed by atoms with E-state index in [4.69, 9.17) is 11.6 Å². The van der Waals surface area contributed by atoms with E-state index in [-0.39, 0.29) is 6.04 Å². The van der Waals surface area contributed by atoms with Gasteiger partial charge in [0.15, 0.2) is 0 Å². The highest BCUT2D eigenvalue weighted by Crippen LogP contribution is 2.27. The second-order valence-electron chi connectivity index (χ2n) is 3.65. The smallest absolute Gasteiger partial charge is 0.0762 e. The number of nitrogens with one attached hydrogen (secondary N) is 1. The molecule has 5 heteroatoms. The van der Waals surface area contributed by atoms with Gasteiger partial charge in [-0.2, -0.15) is 0 Å². The van der Waals surface area contributed by atoms with Crippen molar-refractivity contribution < 1.29 is 0 Å². The summed E-state index contributed by atoms with van der Waals surface area (Å²) < 4.78 is 1.12. The minimum absolute atomic E-state index is 0.147. The number of rotatable bonds is 4. The Kier molecular flexibility index (Phi) is 4.56. The number of likely N-dealkylation sites (N-methyl/N-ethyl adjacent to an activating group) is 1. The molecule has 1 unspecified atom stereocenters. The molecular formula is C12H12BrClN2S. The third-order valence-electron chi connectivity index (χ3n) is 2.49.